The molecule has 1 aliphatic rings. The molecule has 7 heteroatoms. The van der Waals surface area contributed by atoms with Gasteiger partial charge in [0.25, 0.3) is 0 Å². The Morgan fingerprint density at radius 1 is 1.25 bits per heavy atom. The molecule has 0 unspecified atom stereocenters. The van der Waals surface area contributed by atoms with Gasteiger partial charge >= 0.3 is 5.97 Å². The molecule has 24 heavy (non-hydrogen) atoms. The van der Waals surface area contributed by atoms with Gasteiger partial charge < -0.3 is 15.2 Å². The molecule has 1 aliphatic carbocycles. The van der Waals surface area contributed by atoms with E-state index in [0.29, 0.717) is 12.4 Å². The smallest absolute Gasteiger partial charge is 0.335 e. The standard InChI is InChI=1S/C17H18N2O3.2ClH/c1-18-17(7-8-17)11-22-15-10-19-9-6-14(15)12-2-4-13(5-3-12)16(20)21;;/h2-6,9-10,18H,7-8,11H2,1H3,(H,20,21);2*1H. The fourth-order valence-electron chi connectivity index (χ4n) is 2.36. The van der Waals surface area contributed by atoms with Crippen LogP contribution in [0.1, 0.15) is 23.2 Å². The number of hydrogen-bond donors (Lipinski definition) is 2. The van der Waals surface area contributed by atoms with Gasteiger partial charge in [-0.3, -0.25) is 4.98 Å². The summed E-state index contributed by atoms with van der Waals surface area (Å²) in [6.45, 7) is 0.607. The highest BCUT2D eigenvalue weighted by Gasteiger charge is 2.42. The fourth-order valence-corrected chi connectivity index (χ4v) is 2.36. The van der Waals surface area contributed by atoms with Crippen LogP contribution in [0.2, 0.25) is 0 Å². The normalized spacial score (nSPS) is 14.0. The number of rotatable bonds is 6. The first-order valence-corrected chi connectivity index (χ1v) is 7.23. The highest BCUT2D eigenvalue weighted by molar-refractivity contribution is 5.88. The second kappa shape index (κ2) is 8.33. The molecule has 0 spiro atoms. The highest BCUT2D eigenvalue weighted by atomic mass is 35.5. The molecule has 1 fully saturated rings. The van der Waals surface area contributed by atoms with E-state index in [1.807, 2.05) is 13.1 Å². The maximum Gasteiger partial charge on any atom is 0.335 e. The summed E-state index contributed by atoms with van der Waals surface area (Å²) in [5, 5.41) is 12.3. The number of ether oxygens (including phenoxy) is 1. The van der Waals surface area contributed by atoms with E-state index >= 15 is 0 Å². The van der Waals surface area contributed by atoms with Gasteiger partial charge in [0.05, 0.1) is 17.3 Å². The van der Waals surface area contributed by atoms with Crippen molar-refractivity contribution < 1.29 is 14.6 Å². The number of carbonyl (C=O) groups is 1. The predicted molar refractivity (Wildman–Crippen MR) is 97.6 cm³/mol. The van der Waals surface area contributed by atoms with Gasteiger partial charge in [-0.05, 0) is 43.7 Å². The molecule has 1 aromatic carbocycles. The first kappa shape index (κ1) is 20.2. The first-order valence-electron chi connectivity index (χ1n) is 7.23. The van der Waals surface area contributed by atoms with Crippen molar-refractivity contribution in [1.29, 1.82) is 0 Å². The zero-order chi connectivity index (χ0) is 15.6. The molecule has 3 rings (SSSR count). The minimum atomic E-state index is -0.928. The fraction of sp³-hybridized carbons (Fsp3) is 0.294. The Morgan fingerprint density at radius 3 is 2.46 bits per heavy atom. The van der Waals surface area contributed by atoms with E-state index in [1.165, 1.54) is 0 Å². The summed E-state index contributed by atoms with van der Waals surface area (Å²) in [7, 11) is 1.95. The summed E-state index contributed by atoms with van der Waals surface area (Å²) in [4.78, 5) is 15.1. The van der Waals surface area contributed by atoms with Crippen LogP contribution in [0.25, 0.3) is 11.1 Å². The van der Waals surface area contributed by atoms with Crippen molar-refractivity contribution in [1.82, 2.24) is 10.3 Å². The summed E-state index contributed by atoms with van der Waals surface area (Å²) in [6.07, 6.45) is 5.64. The number of halogens is 2. The van der Waals surface area contributed by atoms with Crippen molar-refractivity contribution in [3.8, 4) is 16.9 Å². The maximum atomic E-state index is 10.9. The minimum Gasteiger partial charge on any atom is -0.489 e. The molecule has 130 valence electrons. The predicted octanol–water partition coefficient (Wildman–Crippen LogP) is 3.42. The third-order valence-electron chi connectivity index (χ3n) is 4.12. The molecular weight excluding hydrogens is 351 g/mol. The topological polar surface area (TPSA) is 71.5 Å². The molecule has 0 saturated heterocycles. The van der Waals surface area contributed by atoms with E-state index in [2.05, 4.69) is 10.3 Å². The Bertz CT molecular complexity index is 688. The monoisotopic (exact) mass is 370 g/mol. The van der Waals surface area contributed by atoms with Crippen molar-refractivity contribution in [3.05, 3.63) is 48.3 Å². The molecule has 2 aromatic rings. The average molecular weight is 371 g/mol. The molecule has 1 saturated carbocycles. The number of aromatic nitrogens is 1. The number of hydrogen-bond acceptors (Lipinski definition) is 4. The van der Waals surface area contributed by atoms with Crippen molar-refractivity contribution >= 4 is 30.8 Å². The summed E-state index contributed by atoms with van der Waals surface area (Å²) < 4.78 is 5.95. The number of pyridine rings is 1. The number of nitrogens with one attached hydrogen (secondary N) is 1. The Hall–Kier alpha value is -1.82. The lowest BCUT2D eigenvalue weighted by atomic mass is 10.0. The van der Waals surface area contributed by atoms with Crippen LogP contribution in [-0.2, 0) is 0 Å². The van der Waals surface area contributed by atoms with Gasteiger partial charge in [-0.2, -0.15) is 0 Å². The Balaban J connectivity index is 0.00000144. The molecule has 0 aliphatic heterocycles. The van der Waals surface area contributed by atoms with Gasteiger partial charge in [-0.25, -0.2) is 4.79 Å². The molecule has 0 radical (unpaired) electrons. The van der Waals surface area contributed by atoms with Gasteiger partial charge in [0.15, 0.2) is 0 Å². The Morgan fingerprint density at radius 2 is 1.92 bits per heavy atom. The third-order valence-corrected chi connectivity index (χ3v) is 4.12. The summed E-state index contributed by atoms with van der Waals surface area (Å²) in [6, 6.07) is 8.65. The molecule has 2 N–H and O–H groups in total. The molecule has 5 nitrogen and oxygen atoms in total. The highest BCUT2D eigenvalue weighted by Crippen LogP contribution is 2.37. The molecular formula is C17H20Cl2N2O3. The lowest BCUT2D eigenvalue weighted by Crippen LogP contribution is -2.33. The molecule has 0 atom stereocenters. The number of likely N-dealkylation sites (N-methyl/N-ethyl adjacent to an activating group) is 1. The van der Waals surface area contributed by atoms with E-state index in [4.69, 9.17) is 9.84 Å². The van der Waals surface area contributed by atoms with E-state index < -0.39 is 5.97 Å². The number of carboxylic acids is 1. The van der Waals surface area contributed by atoms with Crippen LogP contribution in [0.4, 0.5) is 0 Å². The summed E-state index contributed by atoms with van der Waals surface area (Å²) in [5.74, 6) is -0.213. The molecule has 0 bridgehead atoms. The van der Waals surface area contributed by atoms with Crippen molar-refractivity contribution in [2.75, 3.05) is 13.7 Å². The van der Waals surface area contributed by atoms with Crippen molar-refractivity contribution in [2.45, 2.75) is 18.4 Å². The number of aromatic carboxylic acids is 1. The third kappa shape index (κ3) is 4.38. The zero-order valence-electron chi connectivity index (χ0n) is 13.2. The SMILES string of the molecule is CNC1(COc2cnccc2-c2ccc(C(=O)O)cc2)CC1.Cl.Cl. The number of nitrogens with zero attached hydrogens (tertiary/aromatic N) is 1. The number of benzene rings is 1. The van der Waals surface area contributed by atoms with Crippen molar-refractivity contribution in [3.63, 3.8) is 0 Å². The van der Waals surface area contributed by atoms with Crippen LogP contribution in [0.5, 0.6) is 5.75 Å². The zero-order valence-corrected chi connectivity index (χ0v) is 14.8. The molecule has 1 aromatic heterocycles. The van der Waals surface area contributed by atoms with Gasteiger partial charge in [0, 0.05) is 11.8 Å². The van der Waals surface area contributed by atoms with Gasteiger partial charge in [0.1, 0.15) is 12.4 Å². The Kier molecular flexibility index (Phi) is 7.02. The van der Waals surface area contributed by atoms with E-state index in [-0.39, 0.29) is 35.9 Å². The van der Waals surface area contributed by atoms with E-state index in [1.54, 1.807) is 36.7 Å². The van der Waals surface area contributed by atoms with E-state index in [9.17, 15) is 4.79 Å². The van der Waals surface area contributed by atoms with Gasteiger partial charge in [0.2, 0.25) is 0 Å². The summed E-state index contributed by atoms with van der Waals surface area (Å²) in [5.41, 5.74) is 2.20. The first-order chi connectivity index (χ1) is 10.6. The average Bonchev–Trinajstić information content (AvgIpc) is 3.34. The molecule has 1 heterocycles. The van der Waals surface area contributed by atoms with Crippen LogP contribution in [0.15, 0.2) is 42.7 Å². The van der Waals surface area contributed by atoms with Gasteiger partial charge in [-0.1, -0.05) is 12.1 Å². The van der Waals surface area contributed by atoms with E-state index in [0.717, 1.165) is 24.0 Å². The lowest BCUT2D eigenvalue weighted by molar-refractivity contribution is 0.0697. The van der Waals surface area contributed by atoms with Gasteiger partial charge in [-0.15, -0.1) is 24.8 Å². The van der Waals surface area contributed by atoms with Crippen molar-refractivity contribution in [2.24, 2.45) is 0 Å². The summed E-state index contributed by atoms with van der Waals surface area (Å²) >= 11 is 0. The van der Waals surface area contributed by atoms with Crippen LogP contribution in [0, 0.1) is 0 Å². The second-order valence-corrected chi connectivity index (χ2v) is 5.57. The Labute approximate surface area is 153 Å². The lowest BCUT2D eigenvalue weighted by Gasteiger charge is -2.17. The second-order valence-electron chi connectivity index (χ2n) is 5.57. The van der Waals surface area contributed by atoms with Crippen LogP contribution in [-0.4, -0.2) is 35.3 Å². The maximum absolute atomic E-state index is 10.9. The van der Waals surface area contributed by atoms with Crippen LogP contribution in [0.3, 0.4) is 0 Å². The van der Waals surface area contributed by atoms with Crippen LogP contribution < -0.4 is 10.1 Å². The largest absolute Gasteiger partial charge is 0.489 e. The molecule has 0 amide bonds. The quantitative estimate of drug-likeness (QED) is 0.814. The minimum absolute atomic E-state index is 0. The number of carboxylic acid groups (broad SMARTS) is 1. The van der Waals surface area contributed by atoms with Crippen LogP contribution >= 0.6 is 24.8 Å².